The highest BCUT2D eigenvalue weighted by molar-refractivity contribution is 8.00. The Labute approximate surface area is 406 Å². The number of nitrogens with one attached hydrogen (secondary N) is 3. The van der Waals surface area contributed by atoms with Crippen LogP contribution in [0.3, 0.4) is 0 Å². The first kappa shape index (κ1) is 51.7. The molecule has 2 aliphatic carbocycles. The van der Waals surface area contributed by atoms with Gasteiger partial charge in [-0.3, -0.25) is 9.59 Å². The minimum absolute atomic E-state index is 0.0603. The number of ether oxygens (including phenoxy) is 3. The van der Waals surface area contributed by atoms with E-state index in [-0.39, 0.29) is 77.1 Å². The number of carbonyl (C=O) groups excluding carboxylic acids is 5. The maximum Gasteiger partial charge on any atom is 0.342 e. The molecule has 1 aromatic heterocycles. The molecular formula is C55H70N4O8S. The van der Waals surface area contributed by atoms with Crippen LogP contribution in [-0.2, 0) is 33.4 Å². The van der Waals surface area contributed by atoms with E-state index in [1.165, 1.54) is 11.8 Å². The van der Waals surface area contributed by atoms with Crippen molar-refractivity contribution >= 4 is 64.8 Å². The maximum atomic E-state index is 15.0. The molecule has 0 radical (unpaired) electrons. The van der Waals surface area contributed by atoms with Crippen molar-refractivity contribution < 1.29 is 38.2 Å². The number of esters is 3. The zero-order valence-corrected chi connectivity index (χ0v) is 42.2. The highest BCUT2D eigenvalue weighted by atomic mass is 32.2. The van der Waals surface area contributed by atoms with E-state index >= 15 is 0 Å². The van der Waals surface area contributed by atoms with Crippen LogP contribution >= 0.6 is 11.8 Å². The zero-order chi connectivity index (χ0) is 49.4. The number of hydrogen-bond donors (Lipinski definition) is 3. The summed E-state index contributed by atoms with van der Waals surface area (Å²) in [5, 5.41) is 5.45. The van der Waals surface area contributed by atoms with Gasteiger partial charge in [0.2, 0.25) is 11.8 Å². The third kappa shape index (κ3) is 12.5. The van der Waals surface area contributed by atoms with Gasteiger partial charge in [0.05, 0.1) is 23.2 Å². The van der Waals surface area contributed by atoms with Crippen LogP contribution in [0.2, 0.25) is 0 Å². The number of nitrogens with zero attached hydrogens (tertiary/aromatic N) is 1. The van der Waals surface area contributed by atoms with Gasteiger partial charge in [0.1, 0.15) is 35.0 Å². The number of carbonyl (C=O) groups is 5. The highest BCUT2D eigenvalue weighted by Crippen LogP contribution is 2.43. The van der Waals surface area contributed by atoms with Crippen LogP contribution in [0.15, 0.2) is 89.6 Å². The number of benzene rings is 2. The lowest BCUT2D eigenvalue weighted by atomic mass is 9.75. The second kappa shape index (κ2) is 22.6. The van der Waals surface area contributed by atoms with E-state index in [4.69, 9.17) is 19.2 Å². The number of thioether (sulfide) groups is 1. The van der Waals surface area contributed by atoms with Gasteiger partial charge in [-0.1, -0.05) is 130 Å². The Morgan fingerprint density at radius 1 is 0.794 bits per heavy atom. The number of rotatable bonds is 15. The van der Waals surface area contributed by atoms with Gasteiger partial charge in [-0.25, -0.2) is 19.4 Å². The zero-order valence-electron chi connectivity index (χ0n) is 41.4. The molecule has 0 spiro atoms. The molecular weight excluding hydrogens is 877 g/mol. The molecule has 2 aromatic carbocycles. The summed E-state index contributed by atoms with van der Waals surface area (Å²) in [6.07, 6.45) is 6.33. The fourth-order valence-electron chi connectivity index (χ4n) is 10.1. The Hall–Kier alpha value is -5.69. The van der Waals surface area contributed by atoms with E-state index in [1.54, 1.807) is 33.8 Å². The first-order valence-corrected chi connectivity index (χ1v) is 25.2. The molecule has 5 unspecified atom stereocenters. The molecule has 3 aromatic rings. The lowest BCUT2D eigenvalue weighted by Gasteiger charge is -2.37. The van der Waals surface area contributed by atoms with Crippen LogP contribution in [0.25, 0.3) is 22.8 Å². The molecule has 0 bridgehead atoms. The van der Waals surface area contributed by atoms with E-state index < -0.39 is 28.6 Å². The summed E-state index contributed by atoms with van der Waals surface area (Å²) in [5.41, 5.74) is 2.40. The van der Waals surface area contributed by atoms with E-state index in [0.717, 1.165) is 31.8 Å². The van der Waals surface area contributed by atoms with Crippen molar-refractivity contribution in [2.45, 2.75) is 119 Å². The monoisotopic (exact) mass is 946 g/mol. The average Bonchev–Trinajstić information content (AvgIpc) is 3.82. The van der Waals surface area contributed by atoms with Crippen LogP contribution in [0, 0.1) is 40.9 Å². The van der Waals surface area contributed by atoms with Crippen LogP contribution in [-0.4, -0.2) is 70.4 Å². The summed E-state index contributed by atoms with van der Waals surface area (Å²) in [7, 11) is 0. The number of aliphatic imine (C=N–C) groups is 1. The van der Waals surface area contributed by atoms with E-state index in [0.29, 0.717) is 57.7 Å². The molecule has 5 atom stereocenters. The van der Waals surface area contributed by atoms with Crippen molar-refractivity contribution in [2.24, 2.45) is 45.9 Å². The van der Waals surface area contributed by atoms with Crippen LogP contribution < -0.4 is 10.6 Å². The van der Waals surface area contributed by atoms with Gasteiger partial charge in [-0.05, 0) is 97.5 Å². The number of hydrogen-bond acceptors (Lipinski definition) is 10. The fourth-order valence-corrected chi connectivity index (χ4v) is 10.9. The molecule has 2 fully saturated rings. The van der Waals surface area contributed by atoms with Gasteiger partial charge in [-0.2, -0.15) is 0 Å². The molecule has 2 heterocycles. The highest BCUT2D eigenvalue weighted by Gasteiger charge is 2.41. The molecule has 6 rings (SSSR count). The first-order chi connectivity index (χ1) is 32.3. The predicted octanol–water partition coefficient (Wildman–Crippen LogP) is 11.1. The summed E-state index contributed by atoms with van der Waals surface area (Å²) in [6, 6.07) is 18.8. The summed E-state index contributed by atoms with van der Waals surface area (Å²) < 4.78 is 18.1. The maximum absolute atomic E-state index is 15.0. The summed E-state index contributed by atoms with van der Waals surface area (Å²) in [5.74, 6) is -0.236. The van der Waals surface area contributed by atoms with Gasteiger partial charge >= 0.3 is 17.9 Å². The van der Waals surface area contributed by atoms with Crippen LogP contribution in [0.5, 0.6) is 0 Å². The third-order valence-electron chi connectivity index (χ3n) is 13.2. The van der Waals surface area contributed by atoms with Crippen molar-refractivity contribution in [3.63, 3.8) is 0 Å². The smallest absolute Gasteiger partial charge is 0.342 e. The Bertz CT molecular complexity index is 2410. The molecule has 1 aliphatic heterocycles. The fraction of sp³-hybridized carbons (Fsp3) is 0.491. The molecule has 364 valence electrons. The molecule has 12 nitrogen and oxygen atoms in total. The second-order valence-electron chi connectivity index (χ2n) is 20.4. The molecule has 2 amide bonds. The normalized spacial score (nSPS) is 25.0. The largest absolute Gasteiger partial charge is 0.463 e. The minimum Gasteiger partial charge on any atom is -0.463 e. The molecule has 2 saturated carbocycles. The number of aromatic nitrogens is 1. The quantitative estimate of drug-likeness (QED) is 0.0582. The van der Waals surface area contributed by atoms with Crippen molar-refractivity contribution in [2.75, 3.05) is 17.7 Å². The number of aromatic amines is 1. The number of amidine groups is 1. The Morgan fingerprint density at radius 2 is 1.32 bits per heavy atom. The topological polar surface area (TPSA) is 165 Å². The summed E-state index contributed by atoms with van der Waals surface area (Å²) in [4.78, 5) is 77.7. The molecule has 0 saturated heterocycles. The van der Waals surface area contributed by atoms with Crippen molar-refractivity contribution in [1.82, 2.24) is 10.3 Å². The first-order valence-electron chi connectivity index (χ1n) is 24.1. The standard InChI is InChI=1S/C55H70N4O8S/c1-12-42(60)65-24-19-25-68-37(8)51(61)58-49-45(52(62)66-47-33(4)26-31(2)27-34(47)5)43(38-20-15-13-16-21-38)40(56-49)30-41-44(39-22-17-14-18-23-39)46(50(57-41)59-54(64)55(9,10)11)53(63)67-48-35(6)28-32(3)29-36(48)7/h12-18,20-23,30-37,47-48,56H,1,19,24-29H2,2-11H3,(H,58,61)(H,57,59,64). The van der Waals surface area contributed by atoms with Gasteiger partial charge < -0.3 is 29.8 Å². The summed E-state index contributed by atoms with van der Waals surface area (Å²) >= 11 is 1.39. The number of allylic oxidation sites excluding steroid dienone is 1. The van der Waals surface area contributed by atoms with E-state index in [2.05, 4.69) is 63.7 Å². The number of anilines is 1. The van der Waals surface area contributed by atoms with Crippen molar-refractivity contribution in [3.8, 4) is 11.1 Å². The van der Waals surface area contributed by atoms with Gasteiger partial charge in [0.25, 0.3) is 0 Å². The van der Waals surface area contributed by atoms with Gasteiger partial charge in [-0.15, -0.1) is 11.8 Å². The third-order valence-corrected chi connectivity index (χ3v) is 14.5. The SMILES string of the molecule is C=CC(=O)OCCCSC(C)C(=O)Nc1[nH]c(C=C2N=C(NC(=O)C(C)(C)C)C(C(=O)OC3C(C)CC(C)CC3C)=C2c2ccccc2)c(-c2ccccc2)c1C(=O)OC1C(C)CC(C)CC1C. The lowest BCUT2D eigenvalue weighted by Crippen LogP contribution is -2.42. The molecule has 3 N–H and O–H groups in total. The van der Waals surface area contributed by atoms with Gasteiger partial charge in [0, 0.05) is 22.6 Å². The summed E-state index contributed by atoms with van der Waals surface area (Å²) in [6.45, 7) is 23.7. The Kier molecular flexibility index (Phi) is 17.2. The van der Waals surface area contributed by atoms with Crippen molar-refractivity contribution in [3.05, 3.63) is 101 Å². The Balaban J connectivity index is 1.52. The van der Waals surface area contributed by atoms with Crippen molar-refractivity contribution in [1.29, 1.82) is 0 Å². The minimum atomic E-state index is -0.832. The second-order valence-corrected chi connectivity index (χ2v) is 21.8. The van der Waals surface area contributed by atoms with Gasteiger partial charge in [0.15, 0.2) is 0 Å². The van der Waals surface area contributed by atoms with E-state index in [9.17, 15) is 24.0 Å². The molecule has 3 aliphatic rings. The van der Waals surface area contributed by atoms with Crippen LogP contribution in [0.4, 0.5) is 5.82 Å². The Morgan fingerprint density at radius 3 is 1.85 bits per heavy atom. The molecule has 13 heteroatoms. The predicted molar refractivity (Wildman–Crippen MR) is 271 cm³/mol. The number of amides is 2. The lowest BCUT2D eigenvalue weighted by molar-refractivity contribution is -0.152. The molecule has 68 heavy (non-hydrogen) atoms. The number of H-pyrrole nitrogens is 1. The van der Waals surface area contributed by atoms with Crippen LogP contribution in [0.1, 0.15) is 123 Å². The van der Waals surface area contributed by atoms with E-state index in [1.807, 2.05) is 60.7 Å². The average molecular weight is 947 g/mol.